The Labute approximate surface area is 129 Å². The van der Waals surface area contributed by atoms with Gasteiger partial charge in [0.15, 0.2) is 0 Å². The molecule has 4 heteroatoms. The highest BCUT2D eigenvalue weighted by Gasteiger charge is 2.41. The zero-order valence-corrected chi connectivity index (χ0v) is 13.5. The van der Waals surface area contributed by atoms with E-state index in [4.69, 9.17) is 9.47 Å². The average Bonchev–Trinajstić information content (AvgIpc) is 2.87. The van der Waals surface area contributed by atoms with Crippen LogP contribution in [0.1, 0.15) is 37.8 Å². The van der Waals surface area contributed by atoms with Crippen LogP contribution in [0.3, 0.4) is 0 Å². The highest BCUT2D eigenvalue weighted by molar-refractivity contribution is 9.10. The van der Waals surface area contributed by atoms with Crippen molar-refractivity contribution in [2.45, 2.75) is 43.9 Å². The van der Waals surface area contributed by atoms with Crippen LogP contribution in [0.4, 0.5) is 0 Å². The molecule has 2 heterocycles. The van der Waals surface area contributed by atoms with Gasteiger partial charge in [-0.1, -0.05) is 28.1 Å². The number of nitrogens with one attached hydrogen (secondary N) is 1. The summed E-state index contributed by atoms with van der Waals surface area (Å²) in [7, 11) is 0. The molecular formula is C16H22BrNO2. The minimum Gasteiger partial charge on any atom is -0.378 e. The normalized spacial score (nSPS) is 31.6. The molecule has 2 fully saturated rings. The van der Waals surface area contributed by atoms with E-state index in [-0.39, 0.29) is 5.60 Å². The fraction of sp³-hybridized carbons (Fsp3) is 0.625. The lowest BCUT2D eigenvalue weighted by atomic mass is 9.89. The Morgan fingerprint density at radius 3 is 2.80 bits per heavy atom. The molecular weight excluding hydrogens is 318 g/mol. The number of benzene rings is 1. The van der Waals surface area contributed by atoms with Gasteiger partial charge in [0.05, 0.1) is 12.2 Å². The summed E-state index contributed by atoms with van der Waals surface area (Å²) in [4.78, 5) is 0. The van der Waals surface area contributed by atoms with Gasteiger partial charge in [0.25, 0.3) is 0 Å². The fourth-order valence-corrected chi connectivity index (χ4v) is 3.50. The maximum Gasteiger partial charge on any atom is 0.0951 e. The minimum absolute atomic E-state index is 0.0185. The molecule has 3 unspecified atom stereocenters. The highest BCUT2D eigenvalue weighted by Crippen LogP contribution is 2.33. The lowest BCUT2D eigenvalue weighted by molar-refractivity contribution is -0.0902. The van der Waals surface area contributed by atoms with Gasteiger partial charge in [0.2, 0.25) is 0 Å². The Hall–Kier alpha value is -0.420. The molecule has 0 aromatic heterocycles. The van der Waals surface area contributed by atoms with Gasteiger partial charge in [-0.15, -0.1) is 0 Å². The predicted octanol–water partition coefficient (Wildman–Crippen LogP) is 3.44. The highest BCUT2D eigenvalue weighted by atomic mass is 79.9. The molecule has 3 atom stereocenters. The van der Waals surface area contributed by atoms with E-state index >= 15 is 0 Å². The first-order valence-corrected chi connectivity index (χ1v) is 8.19. The molecule has 0 radical (unpaired) electrons. The van der Waals surface area contributed by atoms with Crippen molar-refractivity contribution in [3.63, 3.8) is 0 Å². The van der Waals surface area contributed by atoms with E-state index in [0.717, 1.165) is 43.6 Å². The Morgan fingerprint density at radius 1 is 1.30 bits per heavy atom. The van der Waals surface area contributed by atoms with Crippen molar-refractivity contribution in [3.8, 4) is 0 Å². The van der Waals surface area contributed by atoms with E-state index in [2.05, 4.69) is 52.4 Å². The summed E-state index contributed by atoms with van der Waals surface area (Å²) < 4.78 is 12.6. The van der Waals surface area contributed by atoms with Crippen LogP contribution < -0.4 is 5.32 Å². The molecule has 20 heavy (non-hydrogen) atoms. The van der Waals surface area contributed by atoms with Gasteiger partial charge in [-0.3, -0.25) is 0 Å². The van der Waals surface area contributed by atoms with Crippen molar-refractivity contribution >= 4 is 15.9 Å². The van der Waals surface area contributed by atoms with Gasteiger partial charge in [-0.25, -0.2) is 0 Å². The first-order valence-electron chi connectivity index (χ1n) is 7.40. The quantitative estimate of drug-likeness (QED) is 0.914. The van der Waals surface area contributed by atoms with Gasteiger partial charge in [0, 0.05) is 36.2 Å². The van der Waals surface area contributed by atoms with Crippen LogP contribution in [-0.4, -0.2) is 31.5 Å². The zero-order valence-electron chi connectivity index (χ0n) is 11.9. The lowest BCUT2D eigenvalue weighted by Gasteiger charge is -2.38. The maximum atomic E-state index is 5.99. The lowest BCUT2D eigenvalue weighted by Crippen LogP contribution is -2.48. The summed E-state index contributed by atoms with van der Waals surface area (Å²) in [6, 6.07) is 9.44. The van der Waals surface area contributed by atoms with Crippen LogP contribution in [0.2, 0.25) is 0 Å². The van der Waals surface area contributed by atoms with Gasteiger partial charge in [-0.2, -0.15) is 0 Å². The van der Waals surface area contributed by atoms with E-state index in [1.165, 1.54) is 5.56 Å². The van der Waals surface area contributed by atoms with Crippen molar-refractivity contribution < 1.29 is 9.47 Å². The summed E-state index contributed by atoms with van der Waals surface area (Å²) in [6.07, 6.45) is 3.19. The molecule has 2 saturated heterocycles. The molecule has 0 amide bonds. The average molecular weight is 340 g/mol. The van der Waals surface area contributed by atoms with Gasteiger partial charge >= 0.3 is 0 Å². The molecule has 1 spiro atoms. The second-order valence-electron chi connectivity index (χ2n) is 5.96. The number of halogens is 1. The van der Waals surface area contributed by atoms with E-state index in [9.17, 15) is 0 Å². The maximum absolute atomic E-state index is 5.99. The first kappa shape index (κ1) is 14.5. The predicted molar refractivity (Wildman–Crippen MR) is 82.8 cm³/mol. The molecule has 2 aliphatic rings. The molecule has 0 aliphatic carbocycles. The Kier molecular flexibility index (Phi) is 4.46. The third-order valence-electron chi connectivity index (χ3n) is 4.42. The van der Waals surface area contributed by atoms with Gasteiger partial charge in [-0.05, 0) is 37.5 Å². The van der Waals surface area contributed by atoms with Crippen LogP contribution >= 0.6 is 15.9 Å². The molecule has 1 aromatic rings. The molecule has 3 nitrogen and oxygen atoms in total. The number of hydrogen-bond donors (Lipinski definition) is 1. The smallest absolute Gasteiger partial charge is 0.0951 e. The SMILES string of the molecule is CC(NC1CCOC2(CCOC2)C1)c1ccc(Br)cc1. The molecule has 3 rings (SSSR count). The number of ether oxygens (including phenoxy) is 2. The second kappa shape index (κ2) is 6.14. The third kappa shape index (κ3) is 3.25. The van der Waals surface area contributed by atoms with Crippen LogP contribution in [-0.2, 0) is 9.47 Å². The Morgan fingerprint density at radius 2 is 2.10 bits per heavy atom. The third-order valence-corrected chi connectivity index (χ3v) is 4.94. The molecule has 0 bridgehead atoms. The van der Waals surface area contributed by atoms with Gasteiger partial charge < -0.3 is 14.8 Å². The molecule has 0 saturated carbocycles. The van der Waals surface area contributed by atoms with E-state index in [1.54, 1.807) is 0 Å². The van der Waals surface area contributed by atoms with Crippen molar-refractivity contribution in [3.05, 3.63) is 34.3 Å². The van der Waals surface area contributed by atoms with Crippen molar-refractivity contribution in [1.29, 1.82) is 0 Å². The molecule has 110 valence electrons. The fourth-order valence-electron chi connectivity index (χ4n) is 3.23. The van der Waals surface area contributed by atoms with Crippen molar-refractivity contribution in [2.75, 3.05) is 19.8 Å². The van der Waals surface area contributed by atoms with E-state index in [1.807, 2.05) is 0 Å². The van der Waals surface area contributed by atoms with Crippen LogP contribution in [0.5, 0.6) is 0 Å². The minimum atomic E-state index is -0.0185. The topological polar surface area (TPSA) is 30.5 Å². The second-order valence-corrected chi connectivity index (χ2v) is 6.88. The van der Waals surface area contributed by atoms with E-state index < -0.39 is 0 Å². The van der Waals surface area contributed by atoms with Crippen LogP contribution in [0, 0.1) is 0 Å². The first-order chi connectivity index (χ1) is 9.67. The molecule has 2 aliphatic heterocycles. The van der Waals surface area contributed by atoms with Crippen molar-refractivity contribution in [1.82, 2.24) is 5.32 Å². The zero-order chi connectivity index (χ0) is 14.0. The molecule has 1 N–H and O–H groups in total. The number of rotatable bonds is 3. The molecule has 1 aromatic carbocycles. The standard InChI is InChI=1S/C16H22BrNO2/c1-12(13-2-4-14(17)5-3-13)18-15-6-8-20-16(10-15)7-9-19-11-16/h2-5,12,15,18H,6-11H2,1H3. The monoisotopic (exact) mass is 339 g/mol. The largest absolute Gasteiger partial charge is 0.378 e. The summed E-state index contributed by atoms with van der Waals surface area (Å²) >= 11 is 3.48. The summed E-state index contributed by atoms with van der Waals surface area (Å²) in [5.41, 5.74) is 1.31. The summed E-state index contributed by atoms with van der Waals surface area (Å²) in [6.45, 7) is 4.68. The van der Waals surface area contributed by atoms with Gasteiger partial charge in [0.1, 0.15) is 0 Å². The summed E-state index contributed by atoms with van der Waals surface area (Å²) in [5, 5.41) is 3.75. The Balaban J connectivity index is 1.60. The number of hydrogen-bond acceptors (Lipinski definition) is 3. The summed E-state index contributed by atoms with van der Waals surface area (Å²) in [5.74, 6) is 0. The van der Waals surface area contributed by atoms with Crippen molar-refractivity contribution in [2.24, 2.45) is 0 Å². The van der Waals surface area contributed by atoms with Crippen LogP contribution in [0.15, 0.2) is 28.7 Å². The Bertz CT molecular complexity index is 442. The van der Waals surface area contributed by atoms with Crippen LogP contribution in [0.25, 0.3) is 0 Å². The van der Waals surface area contributed by atoms with E-state index in [0.29, 0.717) is 12.1 Å².